The Hall–Kier alpha value is -2.08. The number of methoxy groups -OCH3 is 1. The van der Waals surface area contributed by atoms with Crippen molar-refractivity contribution in [3.8, 4) is 5.75 Å². The highest BCUT2D eigenvalue weighted by molar-refractivity contribution is 5.79. The van der Waals surface area contributed by atoms with Crippen LogP contribution in [0.25, 0.3) is 0 Å². The van der Waals surface area contributed by atoms with Crippen molar-refractivity contribution in [3.05, 3.63) is 29.8 Å². The summed E-state index contributed by atoms with van der Waals surface area (Å²) < 4.78 is 9.63. The van der Waals surface area contributed by atoms with Crippen molar-refractivity contribution in [2.24, 2.45) is 0 Å². The van der Waals surface area contributed by atoms with Gasteiger partial charge >= 0.3 is 5.97 Å². The minimum atomic E-state index is -1.37. The van der Waals surface area contributed by atoms with Crippen molar-refractivity contribution in [1.82, 2.24) is 5.32 Å². The standard InChI is InChI=1S/C13H17NO5/c1-9-5-3-4-6-11(9)19-8-12(16)14-7-10(15)13(17)18-2/h3-6,10,15H,7-8H2,1-2H3,(H,14,16). The molecule has 0 aliphatic heterocycles. The Morgan fingerprint density at radius 1 is 1.37 bits per heavy atom. The molecule has 104 valence electrons. The molecule has 1 unspecified atom stereocenters. The van der Waals surface area contributed by atoms with E-state index in [1.807, 2.05) is 19.1 Å². The van der Waals surface area contributed by atoms with Gasteiger partial charge in [-0.3, -0.25) is 4.79 Å². The van der Waals surface area contributed by atoms with Crippen molar-refractivity contribution in [2.45, 2.75) is 13.0 Å². The molecule has 0 bridgehead atoms. The Bertz CT molecular complexity index is 446. The Morgan fingerprint density at radius 2 is 2.05 bits per heavy atom. The second kappa shape index (κ2) is 7.38. The maximum atomic E-state index is 11.4. The van der Waals surface area contributed by atoms with Crippen LogP contribution in [0, 0.1) is 6.92 Å². The molecule has 0 saturated carbocycles. The minimum absolute atomic E-state index is 0.182. The molecule has 0 radical (unpaired) electrons. The summed E-state index contributed by atoms with van der Waals surface area (Å²) in [6, 6.07) is 7.30. The fourth-order valence-corrected chi connectivity index (χ4v) is 1.34. The van der Waals surface area contributed by atoms with Crippen LogP contribution in [0.15, 0.2) is 24.3 Å². The third-order valence-electron chi connectivity index (χ3n) is 2.42. The van der Waals surface area contributed by atoms with Crippen LogP contribution < -0.4 is 10.1 Å². The number of para-hydroxylation sites is 1. The lowest BCUT2D eigenvalue weighted by atomic mass is 10.2. The lowest BCUT2D eigenvalue weighted by Crippen LogP contribution is -2.39. The summed E-state index contributed by atoms with van der Waals surface area (Å²) in [5.41, 5.74) is 0.921. The van der Waals surface area contributed by atoms with E-state index in [1.54, 1.807) is 12.1 Å². The zero-order valence-corrected chi connectivity index (χ0v) is 10.9. The average molecular weight is 267 g/mol. The molecule has 1 aromatic rings. The number of aliphatic hydroxyl groups is 1. The number of aliphatic hydroxyl groups excluding tert-OH is 1. The first kappa shape index (κ1) is 15.0. The zero-order valence-electron chi connectivity index (χ0n) is 10.9. The van der Waals surface area contributed by atoms with Gasteiger partial charge in [-0.05, 0) is 18.6 Å². The molecule has 0 aliphatic carbocycles. The van der Waals surface area contributed by atoms with Gasteiger partial charge in [0.1, 0.15) is 5.75 Å². The summed E-state index contributed by atoms with van der Waals surface area (Å²) in [5, 5.41) is 11.6. The van der Waals surface area contributed by atoms with Crippen LogP contribution >= 0.6 is 0 Å². The summed E-state index contributed by atoms with van der Waals surface area (Å²) in [4.78, 5) is 22.3. The van der Waals surface area contributed by atoms with E-state index in [0.29, 0.717) is 5.75 Å². The number of hydrogen-bond acceptors (Lipinski definition) is 5. The van der Waals surface area contributed by atoms with E-state index in [4.69, 9.17) is 4.74 Å². The van der Waals surface area contributed by atoms with Gasteiger partial charge in [-0.1, -0.05) is 18.2 Å². The molecular formula is C13H17NO5. The summed E-state index contributed by atoms with van der Waals surface area (Å²) in [6.45, 7) is 1.48. The van der Waals surface area contributed by atoms with Crippen LogP contribution in [0.4, 0.5) is 0 Å². The van der Waals surface area contributed by atoms with Gasteiger partial charge in [0.15, 0.2) is 12.7 Å². The van der Waals surface area contributed by atoms with Crippen LogP contribution in [0.2, 0.25) is 0 Å². The van der Waals surface area contributed by atoms with Crippen LogP contribution in [-0.4, -0.2) is 43.3 Å². The van der Waals surface area contributed by atoms with Gasteiger partial charge in [0.2, 0.25) is 0 Å². The van der Waals surface area contributed by atoms with Gasteiger partial charge in [-0.15, -0.1) is 0 Å². The number of carbonyl (C=O) groups is 2. The summed E-state index contributed by atoms with van der Waals surface area (Å²) in [6.07, 6.45) is -1.37. The summed E-state index contributed by atoms with van der Waals surface area (Å²) >= 11 is 0. The molecule has 1 rings (SSSR count). The van der Waals surface area contributed by atoms with Crippen LogP contribution in [0.3, 0.4) is 0 Å². The third kappa shape index (κ3) is 4.97. The van der Waals surface area contributed by atoms with E-state index >= 15 is 0 Å². The molecule has 6 heteroatoms. The topological polar surface area (TPSA) is 84.9 Å². The number of ether oxygens (including phenoxy) is 2. The molecule has 0 saturated heterocycles. The van der Waals surface area contributed by atoms with Gasteiger partial charge in [0, 0.05) is 0 Å². The van der Waals surface area contributed by atoms with Crippen molar-refractivity contribution in [1.29, 1.82) is 0 Å². The number of nitrogens with one attached hydrogen (secondary N) is 1. The van der Waals surface area contributed by atoms with Crippen molar-refractivity contribution in [3.63, 3.8) is 0 Å². The molecular weight excluding hydrogens is 250 g/mol. The van der Waals surface area contributed by atoms with E-state index in [0.717, 1.165) is 12.7 Å². The summed E-state index contributed by atoms with van der Waals surface area (Å²) in [5.74, 6) is -0.600. The first-order chi connectivity index (χ1) is 9.04. The quantitative estimate of drug-likeness (QED) is 0.710. The van der Waals surface area contributed by atoms with Crippen LogP contribution in [0.5, 0.6) is 5.75 Å². The van der Waals surface area contributed by atoms with Gasteiger partial charge < -0.3 is 19.9 Å². The molecule has 0 aromatic heterocycles. The molecule has 0 spiro atoms. The SMILES string of the molecule is COC(=O)C(O)CNC(=O)COc1ccccc1C. The molecule has 0 aliphatic rings. The second-order valence-electron chi connectivity index (χ2n) is 3.90. The molecule has 1 aromatic carbocycles. The zero-order chi connectivity index (χ0) is 14.3. The van der Waals surface area contributed by atoms with E-state index in [2.05, 4.69) is 10.1 Å². The number of esters is 1. The number of benzene rings is 1. The Labute approximate surface area is 111 Å². The number of hydrogen-bond donors (Lipinski definition) is 2. The average Bonchev–Trinajstić information content (AvgIpc) is 2.42. The predicted molar refractivity (Wildman–Crippen MR) is 67.7 cm³/mol. The van der Waals surface area contributed by atoms with Gasteiger partial charge in [-0.2, -0.15) is 0 Å². The smallest absolute Gasteiger partial charge is 0.336 e. The largest absolute Gasteiger partial charge is 0.484 e. The van der Waals surface area contributed by atoms with Crippen molar-refractivity contribution >= 4 is 11.9 Å². The minimum Gasteiger partial charge on any atom is -0.484 e. The highest BCUT2D eigenvalue weighted by atomic mass is 16.5. The van der Waals surface area contributed by atoms with E-state index in [9.17, 15) is 14.7 Å². The van der Waals surface area contributed by atoms with Crippen molar-refractivity contribution in [2.75, 3.05) is 20.3 Å². The highest BCUT2D eigenvalue weighted by Gasteiger charge is 2.16. The summed E-state index contributed by atoms with van der Waals surface area (Å²) in [7, 11) is 1.16. The molecule has 1 amide bonds. The fourth-order valence-electron chi connectivity index (χ4n) is 1.34. The van der Waals surface area contributed by atoms with Crippen LogP contribution in [0.1, 0.15) is 5.56 Å². The maximum Gasteiger partial charge on any atom is 0.336 e. The monoisotopic (exact) mass is 267 g/mol. The first-order valence-corrected chi connectivity index (χ1v) is 5.75. The predicted octanol–water partition coefficient (Wildman–Crippen LogP) is 0.0239. The molecule has 1 atom stereocenters. The van der Waals surface area contributed by atoms with Gasteiger partial charge in [-0.25, -0.2) is 4.79 Å². The molecule has 19 heavy (non-hydrogen) atoms. The number of aryl methyl sites for hydroxylation is 1. The Kier molecular flexibility index (Phi) is 5.81. The number of rotatable bonds is 6. The van der Waals surface area contributed by atoms with E-state index in [1.165, 1.54) is 0 Å². The Morgan fingerprint density at radius 3 is 2.68 bits per heavy atom. The Balaban J connectivity index is 2.33. The molecule has 0 heterocycles. The second-order valence-corrected chi connectivity index (χ2v) is 3.90. The van der Waals surface area contributed by atoms with Crippen molar-refractivity contribution < 1.29 is 24.2 Å². The maximum absolute atomic E-state index is 11.4. The van der Waals surface area contributed by atoms with E-state index < -0.39 is 18.0 Å². The lowest BCUT2D eigenvalue weighted by molar-refractivity contribution is -0.150. The van der Waals surface area contributed by atoms with Crippen LogP contribution in [-0.2, 0) is 14.3 Å². The number of carbonyl (C=O) groups excluding carboxylic acids is 2. The van der Waals surface area contributed by atoms with Gasteiger partial charge in [0.25, 0.3) is 5.91 Å². The fraction of sp³-hybridized carbons (Fsp3) is 0.385. The third-order valence-corrected chi connectivity index (χ3v) is 2.42. The van der Waals surface area contributed by atoms with Gasteiger partial charge in [0.05, 0.1) is 13.7 Å². The number of amides is 1. The first-order valence-electron chi connectivity index (χ1n) is 5.75. The van der Waals surface area contributed by atoms with E-state index in [-0.39, 0.29) is 13.2 Å². The highest BCUT2D eigenvalue weighted by Crippen LogP contribution is 2.15. The molecule has 2 N–H and O–H groups in total. The molecule has 6 nitrogen and oxygen atoms in total. The lowest BCUT2D eigenvalue weighted by Gasteiger charge is -2.11. The normalized spacial score (nSPS) is 11.5. The molecule has 0 fully saturated rings.